The highest BCUT2D eigenvalue weighted by atomic mass is 32.2. The van der Waals surface area contributed by atoms with Crippen LogP contribution in [0.5, 0.6) is 11.5 Å². The summed E-state index contributed by atoms with van der Waals surface area (Å²) in [6.45, 7) is 2.22. The SMILES string of the molecule is COc1cc(C)ccc1OCCC(=O)Nc1cccc(CS(=O)Cc2ccccc2)c1. The van der Waals surface area contributed by atoms with Crippen molar-refractivity contribution in [3.63, 3.8) is 0 Å². The number of amides is 1. The fraction of sp³-hybridized carbons (Fsp3) is 0.240. The Morgan fingerprint density at radius 2 is 1.65 bits per heavy atom. The first kappa shape index (κ1) is 22.6. The molecule has 0 spiro atoms. The normalized spacial score (nSPS) is 11.5. The molecule has 0 aliphatic carbocycles. The number of carbonyl (C=O) groups is 1. The number of carbonyl (C=O) groups excluding carboxylic acids is 1. The van der Waals surface area contributed by atoms with Crippen molar-refractivity contribution in [2.75, 3.05) is 19.0 Å². The smallest absolute Gasteiger partial charge is 0.227 e. The third-order valence-corrected chi connectivity index (χ3v) is 5.93. The molecule has 0 aliphatic rings. The Hall–Kier alpha value is -3.12. The van der Waals surface area contributed by atoms with Gasteiger partial charge < -0.3 is 14.8 Å². The Morgan fingerprint density at radius 1 is 0.903 bits per heavy atom. The quantitative estimate of drug-likeness (QED) is 0.492. The first-order valence-corrected chi connectivity index (χ1v) is 11.6. The summed E-state index contributed by atoms with van der Waals surface area (Å²) >= 11 is 0. The van der Waals surface area contributed by atoms with E-state index in [1.807, 2.05) is 79.7 Å². The Bertz CT molecular complexity index is 1040. The van der Waals surface area contributed by atoms with Crippen LogP contribution >= 0.6 is 0 Å². The maximum atomic E-state index is 12.5. The summed E-state index contributed by atoms with van der Waals surface area (Å²) in [4.78, 5) is 12.3. The zero-order valence-corrected chi connectivity index (χ0v) is 18.6. The summed E-state index contributed by atoms with van der Waals surface area (Å²) in [6.07, 6.45) is 0.210. The van der Waals surface area contributed by atoms with E-state index < -0.39 is 10.8 Å². The molecule has 3 aromatic rings. The largest absolute Gasteiger partial charge is 0.493 e. The van der Waals surface area contributed by atoms with Gasteiger partial charge in [0, 0.05) is 28.0 Å². The average Bonchev–Trinajstić information content (AvgIpc) is 2.75. The van der Waals surface area contributed by atoms with Crippen LogP contribution in [0.3, 0.4) is 0 Å². The fourth-order valence-corrected chi connectivity index (χ4v) is 4.32. The summed E-state index contributed by atoms with van der Waals surface area (Å²) < 4.78 is 23.5. The van der Waals surface area contributed by atoms with E-state index in [0.29, 0.717) is 28.7 Å². The van der Waals surface area contributed by atoms with Crippen molar-refractivity contribution >= 4 is 22.4 Å². The van der Waals surface area contributed by atoms with Gasteiger partial charge in [-0.2, -0.15) is 0 Å². The minimum atomic E-state index is -1.02. The molecule has 6 heteroatoms. The van der Waals surface area contributed by atoms with Gasteiger partial charge in [-0.1, -0.05) is 48.5 Å². The van der Waals surface area contributed by atoms with Gasteiger partial charge >= 0.3 is 0 Å². The Balaban J connectivity index is 1.48. The fourth-order valence-electron chi connectivity index (χ4n) is 3.11. The highest BCUT2D eigenvalue weighted by molar-refractivity contribution is 7.83. The molecule has 162 valence electrons. The second-order valence-corrected chi connectivity index (χ2v) is 8.67. The van der Waals surface area contributed by atoms with Crippen LogP contribution in [-0.4, -0.2) is 23.8 Å². The molecule has 1 amide bonds. The molecule has 5 nitrogen and oxygen atoms in total. The summed E-state index contributed by atoms with van der Waals surface area (Å²) in [7, 11) is 0.573. The van der Waals surface area contributed by atoms with Crippen LogP contribution in [0.2, 0.25) is 0 Å². The van der Waals surface area contributed by atoms with E-state index in [2.05, 4.69) is 5.32 Å². The number of ether oxygens (including phenoxy) is 2. The number of hydrogen-bond donors (Lipinski definition) is 1. The minimum Gasteiger partial charge on any atom is -0.493 e. The molecule has 0 saturated carbocycles. The third kappa shape index (κ3) is 7.26. The molecule has 31 heavy (non-hydrogen) atoms. The monoisotopic (exact) mass is 437 g/mol. The number of hydrogen-bond acceptors (Lipinski definition) is 4. The van der Waals surface area contributed by atoms with Crippen LogP contribution in [0.15, 0.2) is 72.8 Å². The van der Waals surface area contributed by atoms with E-state index in [-0.39, 0.29) is 18.9 Å². The number of anilines is 1. The lowest BCUT2D eigenvalue weighted by Crippen LogP contribution is -2.15. The molecule has 0 bridgehead atoms. The average molecular weight is 438 g/mol. The van der Waals surface area contributed by atoms with Crippen LogP contribution in [-0.2, 0) is 27.1 Å². The summed E-state index contributed by atoms with van der Waals surface area (Å²) in [6, 6.07) is 22.9. The van der Waals surface area contributed by atoms with Gasteiger partial charge in [-0.25, -0.2) is 0 Å². The van der Waals surface area contributed by atoms with Crippen LogP contribution in [0, 0.1) is 6.92 Å². The van der Waals surface area contributed by atoms with Gasteiger partial charge in [0.1, 0.15) is 0 Å². The lowest BCUT2D eigenvalue weighted by atomic mass is 10.2. The topological polar surface area (TPSA) is 64.6 Å². The van der Waals surface area contributed by atoms with Crippen molar-refractivity contribution in [3.8, 4) is 11.5 Å². The van der Waals surface area contributed by atoms with E-state index in [0.717, 1.165) is 16.7 Å². The molecule has 0 fully saturated rings. The van der Waals surface area contributed by atoms with Gasteiger partial charge in [0.2, 0.25) is 5.91 Å². The zero-order chi connectivity index (χ0) is 22.1. The number of nitrogens with one attached hydrogen (secondary N) is 1. The molecule has 0 aliphatic heterocycles. The molecule has 1 N–H and O–H groups in total. The second kappa shape index (κ2) is 11.3. The predicted molar refractivity (Wildman–Crippen MR) is 125 cm³/mol. The first-order valence-electron chi connectivity index (χ1n) is 10.1. The molecular formula is C25H27NO4S. The summed E-state index contributed by atoms with van der Waals surface area (Å²) in [5, 5.41) is 2.88. The van der Waals surface area contributed by atoms with E-state index in [1.165, 1.54) is 0 Å². The highest BCUT2D eigenvalue weighted by Gasteiger charge is 2.08. The van der Waals surface area contributed by atoms with Gasteiger partial charge in [-0.15, -0.1) is 0 Å². The standard InChI is InChI=1S/C25H27NO4S/c1-19-11-12-23(24(15-19)29-2)30-14-13-25(27)26-22-10-6-9-21(16-22)18-31(28)17-20-7-4-3-5-8-20/h3-12,15-16H,13-14,17-18H2,1-2H3,(H,26,27). The molecule has 0 aromatic heterocycles. The molecule has 3 aromatic carbocycles. The zero-order valence-electron chi connectivity index (χ0n) is 17.8. The van der Waals surface area contributed by atoms with Gasteiger partial charge in [0.05, 0.1) is 20.1 Å². The van der Waals surface area contributed by atoms with Gasteiger partial charge in [-0.3, -0.25) is 9.00 Å². The van der Waals surface area contributed by atoms with Crippen molar-refractivity contribution in [1.29, 1.82) is 0 Å². The van der Waals surface area contributed by atoms with Crippen LogP contribution in [0.1, 0.15) is 23.1 Å². The first-order chi connectivity index (χ1) is 15.0. The number of aryl methyl sites for hydroxylation is 1. The van der Waals surface area contributed by atoms with Crippen LogP contribution in [0.25, 0.3) is 0 Å². The maximum Gasteiger partial charge on any atom is 0.227 e. The van der Waals surface area contributed by atoms with E-state index in [1.54, 1.807) is 7.11 Å². The lowest BCUT2D eigenvalue weighted by molar-refractivity contribution is -0.116. The third-order valence-electron chi connectivity index (χ3n) is 4.61. The second-order valence-electron chi connectivity index (χ2n) is 7.22. The van der Waals surface area contributed by atoms with Crippen molar-refractivity contribution < 1.29 is 18.5 Å². The van der Waals surface area contributed by atoms with Crippen LogP contribution < -0.4 is 14.8 Å². The van der Waals surface area contributed by atoms with Crippen molar-refractivity contribution in [2.45, 2.75) is 24.9 Å². The molecule has 0 radical (unpaired) electrons. The van der Waals surface area contributed by atoms with Gasteiger partial charge in [-0.05, 0) is 47.9 Å². The van der Waals surface area contributed by atoms with E-state index in [9.17, 15) is 9.00 Å². The Labute approximate surface area is 185 Å². The highest BCUT2D eigenvalue weighted by Crippen LogP contribution is 2.27. The van der Waals surface area contributed by atoms with Crippen molar-refractivity contribution in [3.05, 3.63) is 89.5 Å². The van der Waals surface area contributed by atoms with Gasteiger partial charge in [0.25, 0.3) is 0 Å². The molecule has 3 rings (SSSR count). The number of benzene rings is 3. The molecule has 1 atom stereocenters. The molecular weight excluding hydrogens is 410 g/mol. The molecule has 0 heterocycles. The summed E-state index contributed by atoms with van der Waals surface area (Å²) in [5.41, 5.74) is 3.74. The minimum absolute atomic E-state index is 0.145. The lowest BCUT2D eigenvalue weighted by Gasteiger charge is -2.12. The van der Waals surface area contributed by atoms with Crippen molar-refractivity contribution in [2.24, 2.45) is 0 Å². The van der Waals surface area contributed by atoms with E-state index >= 15 is 0 Å². The summed E-state index contributed by atoms with van der Waals surface area (Å²) in [5.74, 6) is 2.07. The van der Waals surface area contributed by atoms with E-state index in [4.69, 9.17) is 9.47 Å². The molecule has 0 saturated heterocycles. The van der Waals surface area contributed by atoms with Crippen molar-refractivity contribution in [1.82, 2.24) is 0 Å². The molecule has 1 unspecified atom stereocenters. The maximum absolute atomic E-state index is 12.5. The van der Waals surface area contributed by atoms with Crippen LogP contribution in [0.4, 0.5) is 5.69 Å². The van der Waals surface area contributed by atoms with Gasteiger partial charge in [0.15, 0.2) is 11.5 Å². The Kier molecular flexibility index (Phi) is 8.24. The Morgan fingerprint density at radius 3 is 2.42 bits per heavy atom. The number of methoxy groups -OCH3 is 1. The number of rotatable bonds is 10. The predicted octanol–water partition coefficient (Wildman–Crippen LogP) is 4.86.